The molecule has 16 heavy (non-hydrogen) atoms. The number of nitrogens with one attached hydrogen (secondary N) is 2. The number of hydrogen-bond acceptors (Lipinski definition) is 2. The number of likely N-dealkylation sites (N-methyl/N-ethyl adjacent to an activating group) is 1. The first-order valence-electron chi connectivity index (χ1n) is 5.88. The van der Waals surface area contributed by atoms with Crippen LogP contribution in [-0.2, 0) is 9.59 Å². The first-order valence-corrected chi connectivity index (χ1v) is 5.88. The van der Waals surface area contributed by atoms with Crippen molar-refractivity contribution >= 4 is 11.8 Å². The highest BCUT2D eigenvalue weighted by atomic mass is 16.2. The van der Waals surface area contributed by atoms with Crippen LogP contribution in [-0.4, -0.2) is 24.4 Å². The second-order valence-electron chi connectivity index (χ2n) is 4.11. The summed E-state index contributed by atoms with van der Waals surface area (Å²) in [5.74, 6) is -0.104. The van der Waals surface area contributed by atoms with Crippen LogP contribution in [0.4, 0.5) is 0 Å². The van der Waals surface area contributed by atoms with Gasteiger partial charge in [0.1, 0.15) is 6.04 Å². The van der Waals surface area contributed by atoms with E-state index in [1.54, 1.807) is 6.92 Å². The van der Waals surface area contributed by atoms with E-state index in [1.165, 1.54) is 0 Å². The molecule has 0 aliphatic heterocycles. The van der Waals surface area contributed by atoms with Crippen molar-refractivity contribution in [2.24, 2.45) is 5.92 Å². The van der Waals surface area contributed by atoms with E-state index in [9.17, 15) is 9.59 Å². The molecule has 0 aromatic heterocycles. The lowest BCUT2D eigenvalue weighted by molar-refractivity contribution is -0.130. The largest absolute Gasteiger partial charge is 0.355 e. The zero-order chi connectivity index (χ0) is 12.0. The molecule has 0 saturated heterocycles. The number of hydrogen-bond donors (Lipinski definition) is 2. The minimum absolute atomic E-state index is 0.0110. The predicted octanol–water partition coefficient (Wildman–Crippen LogP) is 0.983. The van der Waals surface area contributed by atoms with E-state index in [2.05, 4.69) is 16.7 Å². The fourth-order valence-corrected chi connectivity index (χ4v) is 1.76. The number of allylic oxidation sites excluding steroid dienone is 2. The van der Waals surface area contributed by atoms with Crippen LogP contribution in [0.2, 0.25) is 0 Å². The normalized spacial score (nSPS) is 21.2. The molecule has 4 nitrogen and oxygen atoms in total. The molecule has 0 radical (unpaired) electrons. The van der Waals surface area contributed by atoms with Crippen molar-refractivity contribution in [2.45, 2.75) is 39.2 Å². The van der Waals surface area contributed by atoms with Gasteiger partial charge in [0.2, 0.25) is 11.8 Å². The second kappa shape index (κ2) is 6.30. The van der Waals surface area contributed by atoms with Gasteiger partial charge in [0.25, 0.3) is 0 Å². The molecular weight excluding hydrogens is 204 g/mol. The van der Waals surface area contributed by atoms with Crippen molar-refractivity contribution in [3.05, 3.63) is 12.2 Å². The Morgan fingerprint density at radius 1 is 1.44 bits per heavy atom. The van der Waals surface area contributed by atoms with Crippen molar-refractivity contribution in [2.75, 3.05) is 6.54 Å². The molecule has 2 amide bonds. The molecule has 2 unspecified atom stereocenters. The van der Waals surface area contributed by atoms with Gasteiger partial charge in [0.05, 0.1) is 0 Å². The van der Waals surface area contributed by atoms with Crippen molar-refractivity contribution in [1.29, 1.82) is 0 Å². The lowest BCUT2D eigenvalue weighted by atomic mass is 9.93. The second-order valence-corrected chi connectivity index (χ2v) is 4.11. The summed E-state index contributed by atoms with van der Waals surface area (Å²) in [4.78, 5) is 23.2. The van der Waals surface area contributed by atoms with Gasteiger partial charge < -0.3 is 10.6 Å². The summed E-state index contributed by atoms with van der Waals surface area (Å²) in [7, 11) is 0. The summed E-state index contributed by atoms with van der Waals surface area (Å²) in [5.41, 5.74) is 0. The van der Waals surface area contributed by atoms with Crippen molar-refractivity contribution in [3.63, 3.8) is 0 Å². The van der Waals surface area contributed by atoms with E-state index >= 15 is 0 Å². The van der Waals surface area contributed by atoms with Gasteiger partial charge >= 0.3 is 0 Å². The predicted molar refractivity (Wildman–Crippen MR) is 62.8 cm³/mol. The molecule has 0 heterocycles. The number of rotatable bonds is 4. The quantitative estimate of drug-likeness (QED) is 0.699. The minimum Gasteiger partial charge on any atom is -0.355 e. The zero-order valence-corrected chi connectivity index (χ0v) is 9.95. The third-order valence-corrected chi connectivity index (χ3v) is 2.74. The number of carbonyl (C=O) groups is 2. The topological polar surface area (TPSA) is 58.2 Å². The lowest BCUT2D eigenvalue weighted by Crippen LogP contribution is -2.46. The Morgan fingerprint density at radius 2 is 2.19 bits per heavy atom. The fourth-order valence-electron chi connectivity index (χ4n) is 1.76. The highest BCUT2D eigenvalue weighted by molar-refractivity contribution is 5.88. The van der Waals surface area contributed by atoms with Gasteiger partial charge in [0, 0.05) is 12.5 Å². The van der Waals surface area contributed by atoms with Crippen LogP contribution in [0.15, 0.2) is 12.2 Å². The first kappa shape index (κ1) is 12.7. The maximum atomic E-state index is 11.8. The summed E-state index contributed by atoms with van der Waals surface area (Å²) >= 11 is 0. The lowest BCUT2D eigenvalue weighted by Gasteiger charge is -2.20. The molecule has 0 aromatic rings. The van der Waals surface area contributed by atoms with Gasteiger partial charge in [-0.05, 0) is 33.1 Å². The summed E-state index contributed by atoms with van der Waals surface area (Å²) in [6, 6.07) is -0.446. The van der Waals surface area contributed by atoms with E-state index < -0.39 is 6.04 Å². The Balaban J connectivity index is 2.38. The maximum Gasteiger partial charge on any atom is 0.242 e. The summed E-state index contributed by atoms with van der Waals surface area (Å²) < 4.78 is 0. The third kappa shape index (κ3) is 3.68. The van der Waals surface area contributed by atoms with Crippen molar-refractivity contribution < 1.29 is 9.59 Å². The standard InChI is InChI=1S/C12H20N2O2/c1-3-13-11(15)9(2)14-12(16)10-7-5-4-6-8-10/h4-5,9-10H,3,6-8H2,1-2H3,(H,13,15)(H,14,16). The van der Waals surface area contributed by atoms with Gasteiger partial charge in [-0.25, -0.2) is 0 Å². The van der Waals surface area contributed by atoms with E-state index in [1.807, 2.05) is 13.0 Å². The molecule has 0 aromatic carbocycles. The van der Waals surface area contributed by atoms with Gasteiger partial charge in [-0.2, -0.15) is 0 Å². The van der Waals surface area contributed by atoms with Crippen LogP contribution in [0.3, 0.4) is 0 Å². The van der Waals surface area contributed by atoms with E-state index in [4.69, 9.17) is 0 Å². The van der Waals surface area contributed by atoms with Crippen LogP contribution in [0.1, 0.15) is 33.1 Å². The first-order chi connectivity index (χ1) is 7.65. The molecule has 90 valence electrons. The summed E-state index contributed by atoms with van der Waals surface area (Å²) in [6.07, 6.45) is 6.74. The molecule has 2 atom stereocenters. The molecule has 1 aliphatic carbocycles. The number of carbonyl (C=O) groups excluding carboxylic acids is 2. The molecule has 2 N–H and O–H groups in total. The average Bonchev–Trinajstić information content (AvgIpc) is 2.30. The molecule has 0 fully saturated rings. The Kier molecular flexibility index (Phi) is 5.02. The molecule has 0 saturated carbocycles. The third-order valence-electron chi connectivity index (χ3n) is 2.74. The maximum absolute atomic E-state index is 11.8. The molecular formula is C12H20N2O2. The Hall–Kier alpha value is -1.32. The van der Waals surface area contributed by atoms with Crippen molar-refractivity contribution in [3.8, 4) is 0 Å². The fraction of sp³-hybridized carbons (Fsp3) is 0.667. The number of amides is 2. The highest BCUT2D eigenvalue weighted by Gasteiger charge is 2.22. The average molecular weight is 224 g/mol. The van der Waals surface area contributed by atoms with Crippen LogP contribution < -0.4 is 10.6 Å². The smallest absolute Gasteiger partial charge is 0.242 e. The molecule has 1 aliphatic rings. The molecule has 0 spiro atoms. The highest BCUT2D eigenvalue weighted by Crippen LogP contribution is 2.18. The SMILES string of the molecule is CCNC(=O)C(C)NC(=O)C1CC=CCC1. The Bertz CT molecular complexity index is 287. The van der Waals surface area contributed by atoms with Gasteiger partial charge in [0.15, 0.2) is 0 Å². The van der Waals surface area contributed by atoms with Crippen molar-refractivity contribution in [1.82, 2.24) is 10.6 Å². The zero-order valence-electron chi connectivity index (χ0n) is 9.95. The van der Waals surface area contributed by atoms with E-state index in [0.717, 1.165) is 19.3 Å². The molecule has 1 rings (SSSR count). The monoisotopic (exact) mass is 224 g/mol. The summed E-state index contributed by atoms with van der Waals surface area (Å²) in [5, 5.41) is 5.44. The van der Waals surface area contributed by atoms with Gasteiger partial charge in [-0.3, -0.25) is 9.59 Å². The van der Waals surface area contributed by atoms with E-state index in [0.29, 0.717) is 6.54 Å². The van der Waals surface area contributed by atoms with Crippen LogP contribution in [0.25, 0.3) is 0 Å². The van der Waals surface area contributed by atoms with E-state index in [-0.39, 0.29) is 17.7 Å². The summed E-state index contributed by atoms with van der Waals surface area (Å²) in [6.45, 7) is 4.16. The van der Waals surface area contributed by atoms with Crippen LogP contribution in [0.5, 0.6) is 0 Å². The van der Waals surface area contributed by atoms with Gasteiger partial charge in [-0.1, -0.05) is 12.2 Å². The Morgan fingerprint density at radius 3 is 2.75 bits per heavy atom. The minimum atomic E-state index is -0.446. The molecule has 0 bridgehead atoms. The van der Waals surface area contributed by atoms with Crippen LogP contribution >= 0.6 is 0 Å². The van der Waals surface area contributed by atoms with Gasteiger partial charge in [-0.15, -0.1) is 0 Å². The van der Waals surface area contributed by atoms with Crippen LogP contribution in [0, 0.1) is 5.92 Å². The molecule has 4 heteroatoms. The Labute approximate surface area is 96.5 Å².